The molecule has 0 saturated heterocycles. The van der Waals surface area contributed by atoms with Crippen LogP contribution in [0, 0.1) is 0 Å². The Balaban J connectivity index is 1.84. The Kier molecular flexibility index (Phi) is 3.35. The fraction of sp³-hybridized carbons (Fsp3) is 0.0667. The van der Waals surface area contributed by atoms with E-state index in [0.717, 1.165) is 21.3 Å². The molecule has 100 valence electrons. The Morgan fingerprint density at radius 2 is 2.15 bits per heavy atom. The van der Waals surface area contributed by atoms with Gasteiger partial charge in [0.2, 0.25) is 0 Å². The predicted molar refractivity (Wildman–Crippen MR) is 81.2 cm³/mol. The van der Waals surface area contributed by atoms with Gasteiger partial charge < -0.3 is 5.32 Å². The summed E-state index contributed by atoms with van der Waals surface area (Å²) in [5.74, 6) is 0.0911. The Morgan fingerprint density at radius 3 is 2.85 bits per heavy atom. The molecule has 0 radical (unpaired) electrons. The van der Waals surface area contributed by atoms with Crippen molar-refractivity contribution in [1.29, 1.82) is 0 Å². The number of rotatable bonds is 4. The van der Waals surface area contributed by atoms with E-state index in [4.69, 9.17) is 0 Å². The van der Waals surface area contributed by atoms with E-state index in [0.29, 0.717) is 0 Å². The summed E-state index contributed by atoms with van der Waals surface area (Å²) in [6.45, 7) is 1.58. The monoisotopic (exact) mass is 283 g/mol. The first kappa shape index (κ1) is 12.6. The van der Waals surface area contributed by atoms with Gasteiger partial charge in [0.25, 0.3) is 0 Å². The highest BCUT2D eigenvalue weighted by molar-refractivity contribution is 7.18. The summed E-state index contributed by atoms with van der Waals surface area (Å²) in [7, 11) is 0. The van der Waals surface area contributed by atoms with Crippen molar-refractivity contribution in [3.63, 3.8) is 0 Å². The van der Waals surface area contributed by atoms with Gasteiger partial charge in [-0.1, -0.05) is 6.07 Å². The number of hydrogen-bond acceptors (Lipinski definition) is 4. The lowest BCUT2D eigenvalue weighted by molar-refractivity contribution is 0.102. The van der Waals surface area contributed by atoms with Crippen molar-refractivity contribution in [1.82, 2.24) is 9.78 Å². The molecule has 0 aliphatic heterocycles. The first-order valence-electron chi connectivity index (χ1n) is 6.20. The number of ketones is 1. The third kappa shape index (κ3) is 2.62. The Bertz CT molecular complexity index is 731. The van der Waals surface area contributed by atoms with E-state index in [2.05, 4.69) is 10.4 Å². The lowest BCUT2D eigenvalue weighted by Gasteiger charge is -2.06. The van der Waals surface area contributed by atoms with Crippen LogP contribution < -0.4 is 5.32 Å². The van der Waals surface area contributed by atoms with E-state index >= 15 is 0 Å². The van der Waals surface area contributed by atoms with Gasteiger partial charge in [-0.3, -0.25) is 4.79 Å². The molecule has 2 aromatic heterocycles. The number of benzene rings is 1. The van der Waals surface area contributed by atoms with E-state index in [1.807, 2.05) is 48.7 Å². The standard InChI is InChI=1S/C15H13N3OS/c1-11(19)14-6-7-15(20-14)17-12-4-2-5-13(10-12)18-9-3-8-16-18/h2-10,17H,1H3. The molecule has 3 rings (SSSR count). The molecule has 2 heterocycles. The number of carbonyl (C=O) groups is 1. The van der Waals surface area contributed by atoms with Gasteiger partial charge in [0, 0.05) is 18.1 Å². The number of aromatic nitrogens is 2. The van der Waals surface area contributed by atoms with Gasteiger partial charge in [-0.15, -0.1) is 11.3 Å². The molecule has 0 aliphatic carbocycles. The van der Waals surface area contributed by atoms with Gasteiger partial charge in [-0.2, -0.15) is 5.10 Å². The van der Waals surface area contributed by atoms with Gasteiger partial charge in [-0.05, 0) is 43.3 Å². The van der Waals surface area contributed by atoms with Crippen LogP contribution >= 0.6 is 11.3 Å². The molecule has 0 atom stereocenters. The minimum Gasteiger partial charge on any atom is -0.347 e. The van der Waals surface area contributed by atoms with Crippen LogP contribution in [-0.4, -0.2) is 15.6 Å². The fourth-order valence-corrected chi connectivity index (χ4v) is 2.71. The second kappa shape index (κ2) is 5.30. The molecule has 0 spiro atoms. The summed E-state index contributed by atoms with van der Waals surface area (Å²) in [6.07, 6.45) is 3.65. The normalized spacial score (nSPS) is 10.4. The summed E-state index contributed by atoms with van der Waals surface area (Å²) in [5, 5.41) is 8.47. The molecule has 0 saturated carbocycles. The van der Waals surface area contributed by atoms with Crippen LogP contribution in [-0.2, 0) is 0 Å². The SMILES string of the molecule is CC(=O)c1ccc(Nc2cccc(-n3cccn3)c2)s1. The van der Waals surface area contributed by atoms with Crippen LogP contribution in [0.2, 0.25) is 0 Å². The van der Waals surface area contributed by atoms with Crippen LogP contribution in [0.3, 0.4) is 0 Å². The average molecular weight is 283 g/mol. The van der Waals surface area contributed by atoms with Gasteiger partial charge in [0.1, 0.15) is 0 Å². The smallest absolute Gasteiger partial charge is 0.169 e. The molecule has 1 N–H and O–H groups in total. The lowest BCUT2D eigenvalue weighted by Crippen LogP contribution is -1.95. The second-order valence-electron chi connectivity index (χ2n) is 4.35. The topological polar surface area (TPSA) is 46.9 Å². The number of nitrogens with one attached hydrogen (secondary N) is 1. The first-order chi connectivity index (χ1) is 9.72. The lowest BCUT2D eigenvalue weighted by atomic mass is 10.3. The molecule has 20 heavy (non-hydrogen) atoms. The van der Waals surface area contributed by atoms with Gasteiger partial charge in [0.05, 0.1) is 15.6 Å². The molecule has 1 aromatic carbocycles. The third-order valence-corrected chi connectivity index (χ3v) is 3.94. The quantitative estimate of drug-likeness (QED) is 0.739. The molecule has 0 bridgehead atoms. The van der Waals surface area contributed by atoms with E-state index in [9.17, 15) is 4.79 Å². The Hall–Kier alpha value is -2.40. The maximum Gasteiger partial charge on any atom is 0.169 e. The molecule has 0 unspecified atom stereocenters. The largest absolute Gasteiger partial charge is 0.347 e. The highest BCUT2D eigenvalue weighted by atomic mass is 32.1. The molecule has 0 aliphatic rings. The van der Waals surface area contributed by atoms with E-state index in [1.165, 1.54) is 11.3 Å². The predicted octanol–water partition coefficient (Wildman–Crippen LogP) is 3.88. The van der Waals surface area contributed by atoms with Crippen LogP contribution in [0.4, 0.5) is 10.7 Å². The summed E-state index contributed by atoms with van der Waals surface area (Å²) in [6, 6.07) is 13.6. The highest BCUT2D eigenvalue weighted by Crippen LogP contribution is 2.26. The average Bonchev–Trinajstić information content (AvgIpc) is 3.10. The van der Waals surface area contributed by atoms with E-state index in [-0.39, 0.29) is 5.78 Å². The van der Waals surface area contributed by atoms with Crippen molar-refractivity contribution in [2.24, 2.45) is 0 Å². The Labute approximate surface area is 120 Å². The van der Waals surface area contributed by atoms with Crippen molar-refractivity contribution in [3.8, 4) is 5.69 Å². The maximum atomic E-state index is 11.3. The van der Waals surface area contributed by atoms with Crippen LogP contribution in [0.1, 0.15) is 16.6 Å². The number of anilines is 2. The van der Waals surface area contributed by atoms with Crippen LogP contribution in [0.25, 0.3) is 5.69 Å². The molecule has 5 heteroatoms. The minimum atomic E-state index is 0.0911. The maximum absolute atomic E-state index is 11.3. The van der Waals surface area contributed by atoms with Gasteiger partial charge in [-0.25, -0.2) is 4.68 Å². The molecule has 0 amide bonds. The van der Waals surface area contributed by atoms with Crippen molar-refractivity contribution in [2.75, 3.05) is 5.32 Å². The van der Waals surface area contributed by atoms with Gasteiger partial charge in [0.15, 0.2) is 5.78 Å². The molecule has 3 aromatic rings. The molecular weight excluding hydrogens is 270 g/mol. The third-order valence-electron chi connectivity index (χ3n) is 2.84. The molecular formula is C15H13N3OS. The molecule has 4 nitrogen and oxygen atoms in total. The zero-order chi connectivity index (χ0) is 13.9. The second-order valence-corrected chi connectivity index (χ2v) is 5.43. The Morgan fingerprint density at radius 1 is 1.25 bits per heavy atom. The van der Waals surface area contributed by atoms with E-state index < -0.39 is 0 Å². The zero-order valence-electron chi connectivity index (χ0n) is 10.9. The van der Waals surface area contributed by atoms with Crippen molar-refractivity contribution < 1.29 is 4.79 Å². The van der Waals surface area contributed by atoms with E-state index in [1.54, 1.807) is 17.8 Å². The summed E-state index contributed by atoms with van der Waals surface area (Å²) < 4.78 is 1.81. The van der Waals surface area contributed by atoms with Crippen LogP contribution in [0.5, 0.6) is 0 Å². The number of thiophene rings is 1. The summed E-state index contributed by atoms with van der Waals surface area (Å²) in [4.78, 5) is 12.1. The number of nitrogens with zero attached hydrogens (tertiary/aromatic N) is 2. The van der Waals surface area contributed by atoms with Crippen molar-refractivity contribution >= 4 is 27.8 Å². The van der Waals surface area contributed by atoms with Crippen LogP contribution in [0.15, 0.2) is 54.9 Å². The van der Waals surface area contributed by atoms with Crippen molar-refractivity contribution in [3.05, 3.63) is 59.7 Å². The number of Topliss-reactive ketones (excluding diaryl/α,β-unsaturated/α-hetero) is 1. The first-order valence-corrected chi connectivity index (χ1v) is 7.02. The fourth-order valence-electron chi connectivity index (χ4n) is 1.88. The van der Waals surface area contributed by atoms with Crippen molar-refractivity contribution in [2.45, 2.75) is 6.92 Å². The summed E-state index contributed by atoms with van der Waals surface area (Å²) >= 11 is 1.46. The van der Waals surface area contributed by atoms with Gasteiger partial charge >= 0.3 is 0 Å². The molecule has 0 fully saturated rings. The zero-order valence-corrected chi connectivity index (χ0v) is 11.7. The highest BCUT2D eigenvalue weighted by Gasteiger charge is 2.05. The number of carbonyl (C=O) groups excluding carboxylic acids is 1. The number of hydrogen-bond donors (Lipinski definition) is 1. The minimum absolute atomic E-state index is 0.0911. The summed E-state index contributed by atoms with van der Waals surface area (Å²) in [5.41, 5.74) is 1.96.